The number of aliphatic imine (C=N–C) groups is 1. The van der Waals surface area contributed by atoms with E-state index < -0.39 is 0 Å². The minimum Gasteiger partial charge on any atom is -0.466 e. The normalized spacial score (nSPS) is 12.1. The van der Waals surface area contributed by atoms with Crippen LogP contribution in [0.15, 0.2) is 23.2 Å². The summed E-state index contributed by atoms with van der Waals surface area (Å²) in [6.45, 7) is 9.10. The molecule has 7 heteroatoms. The lowest BCUT2D eigenvalue weighted by atomic mass is 10.1. The Kier molecular flexibility index (Phi) is 12.2. The lowest BCUT2D eigenvalue weighted by Gasteiger charge is -2.18. The average molecular weight is 465 g/mol. The zero-order chi connectivity index (χ0) is 17.9. The number of aryl methyl sites for hydroxylation is 1. The maximum Gasteiger partial charge on any atom is 0.305 e. The van der Waals surface area contributed by atoms with Crippen molar-refractivity contribution in [3.63, 3.8) is 0 Å². The highest BCUT2D eigenvalue weighted by Gasteiger charge is 2.10. The Morgan fingerprint density at radius 1 is 1.36 bits per heavy atom. The molecule has 142 valence electrons. The van der Waals surface area contributed by atoms with E-state index in [1.165, 1.54) is 6.07 Å². The minimum absolute atomic E-state index is 0. The molecular formula is C18H29FIN3O2. The molecule has 0 bridgehead atoms. The van der Waals surface area contributed by atoms with Gasteiger partial charge in [0.2, 0.25) is 0 Å². The number of halogens is 2. The largest absolute Gasteiger partial charge is 0.466 e. The van der Waals surface area contributed by atoms with Crippen molar-refractivity contribution in [1.29, 1.82) is 0 Å². The molecule has 0 spiro atoms. The van der Waals surface area contributed by atoms with Gasteiger partial charge >= 0.3 is 5.97 Å². The number of ether oxygens (including phenoxy) is 1. The number of guanidine groups is 1. The molecule has 1 rings (SSSR count). The van der Waals surface area contributed by atoms with Crippen molar-refractivity contribution in [2.24, 2.45) is 4.99 Å². The number of carbonyl (C=O) groups is 1. The van der Waals surface area contributed by atoms with Gasteiger partial charge in [-0.15, -0.1) is 24.0 Å². The Bertz CT molecular complexity index is 567. The molecule has 0 amide bonds. The fourth-order valence-corrected chi connectivity index (χ4v) is 2.13. The Labute approximate surface area is 166 Å². The lowest BCUT2D eigenvalue weighted by Crippen LogP contribution is -2.38. The van der Waals surface area contributed by atoms with E-state index in [1.807, 2.05) is 19.9 Å². The first kappa shape index (κ1) is 23.6. The van der Waals surface area contributed by atoms with Gasteiger partial charge < -0.3 is 15.4 Å². The first-order valence-electron chi connectivity index (χ1n) is 8.44. The summed E-state index contributed by atoms with van der Waals surface area (Å²) in [5.41, 5.74) is 1.49. The topological polar surface area (TPSA) is 62.7 Å². The van der Waals surface area contributed by atoms with Gasteiger partial charge in [-0.25, -0.2) is 4.39 Å². The molecular weight excluding hydrogens is 436 g/mol. The molecule has 25 heavy (non-hydrogen) atoms. The van der Waals surface area contributed by atoms with Crippen LogP contribution in [-0.2, 0) is 9.53 Å². The second-order valence-electron chi connectivity index (χ2n) is 5.54. The first-order chi connectivity index (χ1) is 11.5. The Morgan fingerprint density at radius 3 is 2.68 bits per heavy atom. The first-order valence-corrected chi connectivity index (χ1v) is 8.44. The molecule has 0 aliphatic carbocycles. The van der Waals surface area contributed by atoms with Crippen molar-refractivity contribution in [2.75, 3.05) is 19.7 Å². The number of rotatable bonds is 8. The van der Waals surface area contributed by atoms with E-state index in [0.717, 1.165) is 12.1 Å². The lowest BCUT2D eigenvalue weighted by molar-refractivity contribution is -0.143. The van der Waals surface area contributed by atoms with E-state index in [9.17, 15) is 9.18 Å². The molecule has 1 unspecified atom stereocenters. The second-order valence-corrected chi connectivity index (χ2v) is 5.54. The van der Waals surface area contributed by atoms with Gasteiger partial charge in [-0.3, -0.25) is 9.79 Å². The summed E-state index contributed by atoms with van der Waals surface area (Å²) in [7, 11) is 0. The predicted molar refractivity (Wildman–Crippen MR) is 110 cm³/mol. The number of nitrogens with one attached hydrogen (secondary N) is 2. The van der Waals surface area contributed by atoms with E-state index >= 15 is 0 Å². The van der Waals surface area contributed by atoms with Gasteiger partial charge in [-0.05, 0) is 51.3 Å². The van der Waals surface area contributed by atoms with Crippen LogP contribution in [0.5, 0.6) is 0 Å². The van der Waals surface area contributed by atoms with Crippen molar-refractivity contribution >= 4 is 35.9 Å². The van der Waals surface area contributed by atoms with E-state index in [2.05, 4.69) is 15.6 Å². The summed E-state index contributed by atoms with van der Waals surface area (Å²) in [5, 5.41) is 6.40. The summed E-state index contributed by atoms with van der Waals surface area (Å²) in [6.07, 6.45) is 0.985. The smallest absolute Gasteiger partial charge is 0.305 e. The van der Waals surface area contributed by atoms with E-state index in [1.54, 1.807) is 19.9 Å². The van der Waals surface area contributed by atoms with Gasteiger partial charge in [0.15, 0.2) is 5.96 Å². The Hall–Kier alpha value is -1.38. The molecule has 0 saturated heterocycles. The molecule has 0 radical (unpaired) electrons. The summed E-state index contributed by atoms with van der Waals surface area (Å²) in [4.78, 5) is 15.7. The molecule has 0 aromatic heterocycles. The van der Waals surface area contributed by atoms with Crippen molar-refractivity contribution in [3.8, 4) is 0 Å². The maximum absolute atomic E-state index is 13.7. The number of hydrogen-bond acceptors (Lipinski definition) is 3. The minimum atomic E-state index is -0.211. The highest BCUT2D eigenvalue weighted by atomic mass is 127. The van der Waals surface area contributed by atoms with Crippen LogP contribution in [0.1, 0.15) is 50.8 Å². The third kappa shape index (κ3) is 9.04. The molecule has 1 atom stereocenters. The number of hydrogen-bond donors (Lipinski definition) is 2. The fourth-order valence-electron chi connectivity index (χ4n) is 2.13. The van der Waals surface area contributed by atoms with Crippen LogP contribution in [0.2, 0.25) is 0 Å². The van der Waals surface area contributed by atoms with Crippen molar-refractivity contribution in [1.82, 2.24) is 10.6 Å². The van der Waals surface area contributed by atoms with Gasteiger partial charge in [-0.2, -0.15) is 0 Å². The highest BCUT2D eigenvalue weighted by Crippen LogP contribution is 2.16. The molecule has 0 saturated carbocycles. The van der Waals surface area contributed by atoms with E-state index in [-0.39, 0.29) is 41.8 Å². The molecule has 5 nitrogen and oxygen atoms in total. The SMILES string of the molecule is CCNC(=NCCCC(=O)OCC)NC(C)c1ccc(C)c(F)c1.I. The van der Waals surface area contributed by atoms with Crippen LogP contribution in [0.25, 0.3) is 0 Å². The predicted octanol–water partition coefficient (Wildman–Crippen LogP) is 3.71. The van der Waals surface area contributed by atoms with Crippen molar-refractivity contribution < 1.29 is 13.9 Å². The average Bonchev–Trinajstić information content (AvgIpc) is 2.54. The summed E-state index contributed by atoms with van der Waals surface area (Å²) >= 11 is 0. The molecule has 2 N–H and O–H groups in total. The summed E-state index contributed by atoms with van der Waals surface area (Å²) in [5.74, 6) is 0.238. The summed E-state index contributed by atoms with van der Waals surface area (Å²) < 4.78 is 18.6. The fraction of sp³-hybridized carbons (Fsp3) is 0.556. The molecule has 0 aliphatic heterocycles. The van der Waals surface area contributed by atoms with E-state index in [4.69, 9.17) is 4.74 Å². The van der Waals surface area contributed by atoms with E-state index in [0.29, 0.717) is 37.5 Å². The van der Waals surface area contributed by atoms with Gasteiger partial charge in [0.1, 0.15) is 5.82 Å². The Balaban J connectivity index is 0.00000576. The van der Waals surface area contributed by atoms with Gasteiger partial charge in [0, 0.05) is 19.5 Å². The molecule has 0 fully saturated rings. The number of carbonyl (C=O) groups excluding carboxylic acids is 1. The molecule has 0 heterocycles. The van der Waals surface area contributed by atoms with Crippen LogP contribution in [0.3, 0.4) is 0 Å². The highest BCUT2D eigenvalue weighted by molar-refractivity contribution is 14.0. The van der Waals surface area contributed by atoms with Crippen molar-refractivity contribution in [3.05, 3.63) is 35.1 Å². The van der Waals surface area contributed by atoms with Crippen LogP contribution < -0.4 is 10.6 Å². The second kappa shape index (κ2) is 12.9. The molecule has 1 aromatic rings. The van der Waals surface area contributed by atoms with Crippen LogP contribution in [0.4, 0.5) is 4.39 Å². The van der Waals surface area contributed by atoms with Crippen LogP contribution >= 0.6 is 24.0 Å². The molecule has 1 aromatic carbocycles. The zero-order valence-electron chi connectivity index (χ0n) is 15.4. The monoisotopic (exact) mass is 465 g/mol. The van der Waals surface area contributed by atoms with Crippen LogP contribution in [-0.4, -0.2) is 31.6 Å². The standard InChI is InChI=1S/C18H28FN3O2.HI/c1-5-20-18(21-11-7-8-17(23)24-6-2)22-14(4)15-10-9-13(3)16(19)12-15;/h9-10,12,14H,5-8,11H2,1-4H3,(H2,20,21,22);1H. The molecule has 0 aliphatic rings. The van der Waals surface area contributed by atoms with Gasteiger partial charge in [-0.1, -0.05) is 12.1 Å². The number of benzene rings is 1. The van der Waals surface area contributed by atoms with Gasteiger partial charge in [0.05, 0.1) is 12.6 Å². The maximum atomic E-state index is 13.7. The summed E-state index contributed by atoms with van der Waals surface area (Å²) in [6, 6.07) is 5.13. The van der Waals surface area contributed by atoms with Crippen molar-refractivity contribution in [2.45, 2.75) is 46.6 Å². The number of esters is 1. The third-order valence-electron chi connectivity index (χ3n) is 3.51. The zero-order valence-corrected chi connectivity index (χ0v) is 17.7. The van der Waals surface area contributed by atoms with Gasteiger partial charge in [0.25, 0.3) is 0 Å². The quantitative estimate of drug-likeness (QED) is 0.202. The van der Waals surface area contributed by atoms with Crippen LogP contribution in [0, 0.1) is 12.7 Å². The Morgan fingerprint density at radius 2 is 2.08 bits per heavy atom. The third-order valence-corrected chi connectivity index (χ3v) is 3.51. The number of nitrogens with zero attached hydrogens (tertiary/aromatic N) is 1.